The molecule has 46 heavy (non-hydrogen) atoms. The topological polar surface area (TPSA) is 9.86 Å². The SMILES string of the molecule is CCn1c2ccccc2c2cc(C=CC3=CCC(c4ccc(C=Cc5ccc6c(c5)c5ccccc5n6CC)cc4)C=C3)ccc21. The molecule has 1 aliphatic rings. The van der Waals surface area contributed by atoms with E-state index in [1.165, 1.54) is 71.4 Å². The van der Waals surface area contributed by atoms with Crippen LogP contribution < -0.4 is 0 Å². The summed E-state index contributed by atoms with van der Waals surface area (Å²) >= 11 is 0. The van der Waals surface area contributed by atoms with E-state index in [0.717, 1.165) is 19.5 Å². The molecular formula is C44H38N2. The first kappa shape index (κ1) is 28.2. The average Bonchev–Trinajstić information content (AvgIpc) is 3.61. The van der Waals surface area contributed by atoms with Gasteiger partial charge in [0.25, 0.3) is 0 Å². The zero-order chi connectivity index (χ0) is 31.0. The molecule has 1 atom stereocenters. The van der Waals surface area contributed by atoms with Crippen molar-refractivity contribution in [1.82, 2.24) is 9.13 Å². The smallest absolute Gasteiger partial charge is 0.0491 e. The van der Waals surface area contributed by atoms with Crippen molar-refractivity contribution in [3.05, 3.63) is 161 Å². The molecule has 0 N–H and O–H groups in total. The third-order valence-corrected chi connectivity index (χ3v) is 9.65. The highest BCUT2D eigenvalue weighted by atomic mass is 15.0. The molecule has 0 radical (unpaired) electrons. The second-order valence-corrected chi connectivity index (χ2v) is 12.3. The zero-order valence-electron chi connectivity index (χ0n) is 26.5. The molecule has 8 rings (SSSR count). The van der Waals surface area contributed by atoms with E-state index in [0.29, 0.717) is 5.92 Å². The molecule has 0 fully saturated rings. The molecule has 2 heteroatoms. The predicted octanol–water partition coefficient (Wildman–Crippen LogP) is 11.8. The Morgan fingerprint density at radius 3 is 1.59 bits per heavy atom. The number of fused-ring (bicyclic) bond motifs is 6. The summed E-state index contributed by atoms with van der Waals surface area (Å²) < 4.78 is 4.80. The van der Waals surface area contributed by atoms with Crippen molar-refractivity contribution in [2.75, 3.05) is 0 Å². The van der Waals surface area contributed by atoms with E-state index in [1.54, 1.807) is 0 Å². The van der Waals surface area contributed by atoms with E-state index in [2.05, 4.69) is 175 Å². The molecule has 0 aliphatic heterocycles. The molecule has 2 nitrogen and oxygen atoms in total. The molecule has 7 aromatic rings. The van der Waals surface area contributed by atoms with Gasteiger partial charge in [-0.3, -0.25) is 0 Å². The highest BCUT2D eigenvalue weighted by Gasteiger charge is 2.12. The normalized spacial score (nSPS) is 15.3. The summed E-state index contributed by atoms with van der Waals surface area (Å²) in [6, 6.07) is 40.1. The van der Waals surface area contributed by atoms with Crippen LogP contribution in [0.15, 0.2) is 139 Å². The molecule has 2 heterocycles. The Balaban J connectivity index is 0.945. The maximum Gasteiger partial charge on any atom is 0.0491 e. The standard InChI is InChI=1S/C44H38N2/c1-3-45-41-11-7-5-9-37(41)39-29-33(21-27-43(39)45)15-13-31-17-23-35(24-18-31)36-25-19-32(20-26-36)14-16-34-22-28-44-40(30-34)38-10-6-8-12-42(38)46(44)4-2/h5-25,27-30,36H,3-4,26H2,1-2H3. The monoisotopic (exact) mass is 594 g/mol. The molecule has 0 bridgehead atoms. The van der Waals surface area contributed by atoms with Crippen molar-refractivity contribution in [1.29, 1.82) is 0 Å². The van der Waals surface area contributed by atoms with Crippen LogP contribution in [0.1, 0.15) is 48.4 Å². The number of aromatic nitrogens is 2. The molecular weight excluding hydrogens is 556 g/mol. The van der Waals surface area contributed by atoms with Gasteiger partial charge in [0, 0.05) is 62.6 Å². The van der Waals surface area contributed by atoms with E-state index < -0.39 is 0 Å². The lowest BCUT2D eigenvalue weighted by molar-refractivity contribution is 0.827. The van der Waals surface area contributed by atoms with Gasteiger partial charge < -0.3 is 9.13 Å². The second kappa shape index (κ2) is 11.9. The van der Waals surface area contributed by atoms with Crippen LogP contribution in [0, 0.1) is 0 Å². The first-order chi connectivity index (χ1) is 22.7. The number of hydrogen-bond acceptors (Lipinski definition) is 0. The summed E-state index contributed by atoms with van der Waals surface area (Å²) in [5, 5.41) is 5.30. The van der Waals surface area contributed by atoms with Gasteiger partial charge in [-0.25, -0.2) is 0 Å². The Bertz CT molecular complexity index is 2350. The van der Waals surface area contributed by atoms with E-state index in [-0.39, 0.29) is 0 Å². The maximum atomic E-state index is 2.40. The quantitative estimate of drug-likeness (QED) is 0.162. The van der Waals surface area contributed by atoms with Gasteiger partial charge in [-0.1, -0.05) is 115 Å². The Morgan fingerprint density at radius 2 is 1.04 bits per heavy atom. The molecule has 0 saturated carbocycles. The fraction of sp³-hybridized carbons (Fsp3) is 0.136. The zero-order valence-corrected chi connectivity index (χ0v) is 26.5. The van der Waals surface area contributed by atoms with Crippen molar-refractivity contribution < 1.29 is 0 Å². The molecule has 1 aliphatic carbocycles. The molecule has 0 saturated heterocycles. The van der Waals surface area contributed by atoms with Gasteiger partial charge in [0.05, 0.1) is 0 Å². The number of para-hydroxylation sites is 2. The number of nitrogens with zero attached hydrogens (tertiary/aromatic N) is 2. The van der Waals surface area contributed by atoms with Crippen LogP contribution in [-0.2, 0) is 13.1 Å². The molecule has 5 aromatic carbocycles. The number of aryl methyl sites for hydroxylation is 2. The van der Waals surface area contributed by atoms with Gasteiger partial charge in [-0.2, -0.15) is 0 Å². The molecule has 224 valence electrons. The highest BCUT2D eigenvalue weighted by molar-refractivity contribution is 6.09. The number of hydrogen-bond donors (Lipinski definition) is 0. The van der Waals surface area contributed by atoms with Gasteiger partial charge in [0.1, 0.15) is 0 Å². The predicted molar refractivity (Wildman–Crippen MR) is 199 cm³/mol. The first-order valence-electron chi connectivity index (χ1n) is 16.6. The van der Waals surface area contributed by atoms with Crippen LogP contribution in [0.25, 0.3) is 61.8 Å². The lowest BCUT2D eigenvalue weighted by Gasteiger charge is -2.15. The lowest BCUT2D eigenvalue weighted by atomic mass is 9.89. The fourth-order valence-corrected chi connectivity index (χ4v) is 7.28. The van der Waals surface area contributed by atoms with Crippen LogP contribution in [0.3, 0.4) is 0 Å². The fourth-order valence-electron chi connectivity index (χ4n) is 7.28. The molecule has 2 aromatic heterocycles. The Morgan fingerprint density at radius 1 is 0.543 bits per heavy atom. The Labute approximate surface area is 270 Å². The lowest BCUT2D eigenvalue weighted by Crippen LogP contribution is -1.98. The Kier molecular flexibility index (Phi) is 7.27. The van der Waals surface area contributed by atoms with E-state index in [4.69, 9.17) is 0 Å². The summed E-state index contributed by atoms with van der Waals surface area (Å²) in [5.41, 5.74) is 11.5. The van der Waals surface area contributed by atoms with Crippen LogP contribution in [-0.4, -0.2) is 9.13 Å². The number of rotatable bonds is 7. The van der Waals surface area contributed by atoms with Gasteiger partial charge in [-0.05, 0) is 84.5 Å². The summed E-state index contributed by atoms with van der Waals surface area (Å²) in [4.78, 5) is 0. The first-order valence-corrected chi connectivity index (χ1v) is 16.6. The Hall–Kier alpha value is -5.34. The van der Waals surface area contributed by atoms with Crippen molar-refractivity contribution in [3.8, 4) is 0 Å². The van der Waals surface area contributed by atoms with Gasteiger partial charge in [-0.15, -0.1) is 0 Å². The van der Waals surface area contributed by atoms with Crippen LogP contribution >= 0.6 is 0 Å². The minimum absolute atomic E-state index is 0.407. The summed E-state index contributed by atoms with van der Waals surface area (Å²) in [6.45, 7) is 6.38. The minimum Gasteiger partial charge on any atom is -0.341 e. The van der Waals surface area contributed by atoms with E-state index in [9.17, 15) is 0 Å². The van der Waals surface area contributed by atoms with Crippen molar-refractivity contribution >= 4 is 61.8 Å². The summed E-state index contributed by atoms with van der Waals surface area (Å²) in [5.74, 6) is 0.407. The highest BCUT2D eigenvalue weighted by Crippen LogP contribution is 2.32. The third kappa shape index (κ3) is 5.01. The van der Waals surface area contributed by atoms with Gasteiger partial charge in [0.2, 0.25) is 0 Å². The van der Waals surface area contributed by atoms with Gasteiger partial charge in [0.15, 0.2) is 0 Å². The van der Waals surface area contributed by atoms with Crippen LogP contribution in [0.4, 0.5) is 0 Å². The third-order valence-electron chi connectivity index (χ3n) is 9.65. The van der Waals surface area contributed by atoms with E-state index in [1.807, 2.05) is 0 Å². The summed E-state index contributed by atoms with van der Waals surface area (Å²) in [6.07, 6.45) is 16.9. The van der Waals surface area contributed by atoms with E-state index >= 15 is 0 Å². The average molecular weight is 595 g/mol. The van der Waals surface area contributed by atoms with Crippen LogP contribution in [0.2, 0.25) is 0 Å². The van der Waals surface area contributed by atoms with Gasteiger partial charge >= 0.3 is 0 Å². The molecule has 0 amide bonds. The van der Waals surface area contributed by atoms with Crippen molar-refractivity contribution in [2.24, 2.45) is 0 Å². The largest absolute Gasteiger partial charge is 0.341 e. The molecule has 1 unspecified atom stereocenters. The number of allylic oxidation sites excluding steroid dienone is 5. The summed E-state index contributed by atoms with van der Waals surface area (Å²) in [7, 11) is 0. The van der Waals surface area contributed by atoms with Crippen molar-refractivity contribution in [3.63, 3.8) is 0 Å². The number of benzene rings is 5. The minimum atomic E-state index is 0.407. The second-order valence-electron chi connectivity index (χ2n) is 12.3. The van der Waals surface area contributed by atoms with Crippen molar-refractivity contribution in [2.45, 2.75) is 39.3 Å². The maximum absolute atomic E-state index is 2.40. The van der Waals surface area contributed by atoms with Crippen LogP contribution in [0.5, 0.6) is 0 Å². The molecule has 0 spiro atoms.